The van der Waals surface area contributed by atoms with Gasteiger partial charge in [-0.3, -0.25) is 24.3 Å². The Hall–Kier alpha value is -4.22. The number of likely N-dealkylation sites (N-methyl/N-ethyl adjacent to an activating group) is 1. The molecule has 1 heterocycles. The summed E-state index contributed by atoms with van der Waals surface area (Å²) in [5, 5.41) is 44.6. The van der Waals surface area contributed by atoms with Gasteiger partial charge in [-0.2, -0.15) is 0 Å². The fourth-order valence-corrected chi connectivity index (χ4v) is 6.19. The van der Waals surface area contributed by atoms with E-state index in [0.29, 0.717) is 22.4 Å². The molecule has 198 valence electrons. The summed E-state index contributed by atoms with van der Waals surface area (Å²) in [5.74, 6) is -6.37. The number of aliphatic hydroxyl groups excluding tert-OH is 2. The van der Waals surface area contributed by atoms with Crippen LogP contribution in [0.25, 0.3) is 16.9 Å². The predicted octanol–water partition coefficient (Wildman–Crippen LogP) is 1.03. The first-order valence-electron chi connectivity index (χ1n) is 11.9. The normalized spacial score (nSPS) is 26.7. The molecule has 0 spiro atoms. The zero-order valence-electron chi connectivity index (χ0n) is 20.9. The highest BCUT2D eigenvalue weighted by atomic mass is 16.5. The number of aromatic nitrogens is 1. The van der Waals surface area contributed by atoms with Crippen LogP contribution in [-0.2, 0) is 20.8 Å². The number of ether oxygens (including phenoxy) is 1. The van der Waals surface area contributed by atoms with E-state index in [4.69, 9.17) is 10.5 Å². The number of phenols is 1. The van der Waals surface area contributed by atoms with Crippen LogP contribution < -0.4 is 10.5 Å². The van der Waals surface area contributed by atoms with E-state index < -0.39 is 58.0 Å². The molecule has 3 aliphatic rings. The zero-order chi connectivity index (χ0) is 27.7. The number of aromatic hydroxyl groups is 1. The third-order valence-electron chi connectivity index (χ3n) is 7.86. The smallest absolute Gasteiger partial charge is 0.255 e. The number of primary amides is 1. The molecule has 1 aromatic heterocycles. The van der Waals surface area contributed by atoms with Gasteiger partial charge in [-0.15, -0.1) is 0 Å². The number of hydrogen-bond acceptors (Lipinski definition) is 10. The molecule has 3 aliphatic carbocycles. The molecule has 0 saturated heterocycles. The highest BCUT2D eigenvalue weighted by Crippen LogP contribution is 2.53. The van der Waals surface area contributed by atoms with Crippen LogP contribution in [0.3, 0.4) is 0 Å². The number of pyridine rings is 1. The zero-order valence-corrected chi connectivity index (χ0v) is 20.9. The van der Waals surface area contributed by atoms with Crippen molar-refractivity contribution in [3.8, 4) is 22.6 Å². The van der Waals surface area contributed by atoms with Gasteiger partial charge in [0.15, 0.2) is 11.4 Å². The average Bonchev–Trinajstić information content (AvgIpc) is 2.86. The first kappa shape index (κ1) is 25.4. The molecule has 11 heteroatoms. The van der Waals surface area contributed by atoms with Crippen LogP contribution in [0.1, 0.15) is 17.5 Å². The number of amides is 1. The largest absolute Gasteiger partial charge is 0.508 e. The fourth-order valence-electron chi connectivity index (χ4n) is 6.19. The second-order valence-corrected chi connectivity index (χ2v) is 10.1. The first-order chi connectivity index (χ1) is 17.9. The van der Waals surface area contributed by atoms with Crippen molar-refractivity contribution in [1.29, 1.82) is 0 Å². The van der Waals surface area contributed by atoms with E-state index >= 15 is 0 Å². The Balaban J connectivity index is 1.73. The van der Waals surface area contributed by atoms with Crippen molar-refractivity contribution >= 4 is 23.2 Å². The van der Waals surface area contributed by atoms with E-state index in [1.54, 1.807) is 32.4 Å². The van der Waals surface area contributed by atoms with Crippen LogP contribution in [0.5, 0.6) is 11.5 Å². The van der Waals surface area contributed by atoms with Crippen molar-refractivity contribution in [3.63, 3.8) is 0 Å². The first-order valence-corrected chi connectivity index (χ1v) is 11.9. The van der Waals surface area contributed by atoms with Crippen molar-refractivity contribution in [1.82, 2.24) is 9.88 Å². The second-order valence-electron chi connectivity index (χ2n) is 10.1. The SMILES string of the molecule is COc1cncc(-c2ccc(O)c3c2CC2CC4C(N(C)C)C(=O)C(C(N)=O)=C(O)C4(O)C(=O)C2=C3O)c1. The minimum Gasteiger partial charge on any atom is -0.508 e. The number of carbonyl (C=O) groups excluding carboxylic acids is 3. The molecule has 0 radical (unpaired) electrons. The molecule has 1 aromatic carbocycles. The maximum absolute atomic E-state index is 13.9. The predicted molar refractivity (Wildman–Crippen MR) is 134 cm³/mol. The van der Waals surface area contributed by atoms with Crippen molar-refractivity contribution in [2.75, 3.05) is 21.2 Å². The molecular weight excluding hydrogens is 494 g/mol. The highest BCUT2D eigenvalue weighted by Gasteiger charge is 2.64. The number of benzene rings is 1. The molecular formula is C27H27N3O8. The number of fused-ring (bicyclic) bond motifs is 3. The fraction of sp³-hybridized carbons (Fsp3) is 0.333. The second kappa shape index (κ2) is 8.67. The van der Waals surface area contributed by atoms with E-state index in [-0.39, 0.29) is 29.7 Å². The molecule has 2 aromatic rings. The number of phenolic OH excluding ortho intramolecular Hbond substituents is 1. The maximum Gasteiger partial charge on any atom is 0.255 e. The summed E-state index contributed by atoms with van der Waals surface area (Å²) in [5.41, 5.74) is 3.49. The lowest BCUT2D eigenvalue weighted by Gasteiger charge is -2.50. The number of nitrogens with two attached hydrogens (primary N) is 1. The number of Topliss-reactive ketones (excluding diaryl/α,β-unsaturated/α-hetero) is 2. The van der Waals surface area contributed by atoms with Gasteiger partial charge >= 0.3 is 0 Å². The molecule has 1 saturated carbocycles. The molecule has 1 amide bonds. The number of nitrogens with zero attached hydrogens (tertiary/aromatic N) is 2. The van der Waals surface area contributed by atoms with Crippen LogP contribution in [0.15, 0.2) is 47.5 Å². The number of ketones is 2. The summed E-state index contributed by atoms with van der Waals surface area (Å²) >= 11 is 0. The van der Waals surface area contributed by atoms with Crippen molar-refractivity contribution in [2.45, 2.75) is 24.5 Å². The van der Waals surface area contributed by atoms with Gasteiger partial charge in [0.25, 0.3) is 5.91 Å². The standard InChI is InChI=1S/C27H27N3O8/c1-30(2)21-16-8-11-7-15-14(12-6-13(38-3)10-29-9-12)4-5-17(31)19(15)22(32)18(11)24(34)27(16,37)25(35)20(23(21)33)26(28)36/h4-6,9-11,16,21,31-32,35,37H,7-8H2,1-3H3,(H2,28,36). The average molecular weight is 522 g/mol. The Bertz CT molecular complexity index is 1480. The summed E-state index contributed by atoms with van der Waals surface area (Å²) in [6.45, 7) is 0. The molecule has 0 aliphatic heterocycles. The monoisotopic (exact) mass is 521 g/mol. The molecule has 38 heavy (non-hydrogen) atoms. The van der Waals surface area contributed by atoms with E-state index in [0.717, 1.165) is 0 Å². The van der Waals surface area contributed by atoms with Crippen molar-refractivity contribution in [3.05, 3.63) is 58.6 Å². The van der Waals surface area contributed by atoms with E-state index in [9.17, 15) is 34.8 Å². The van der Waals surface area contributed by atoms with E-state index in [1.807, 2.05) is 0 Å². The van der Waals surface area contributed by atoms with Crippen LogP contribution in [-0.4, -0.2) is 80.6 Å². The molecule has 11 nitrogen and oxygen atoms in total. The van der Waals surface area contributed by atoms with Gasteiger partial charge in [0.05, 0.1) is 24.9 Å². The van der Waals surface area contributed by atoms with E-state index in [2.05, 4.69) is 4.98 Å². The number of methoxy groups -OCH3 is 1. The Morgan fingerprint density at radius 2 is 1.89 bits per heavy atom. The van der Waals surface area contributed by atoms with Gasteiger partial charge in [0, 0.05) is 23.3 Å². The van der Waals surface area contributed by atoms with Crippen LogP contribution in [0.4, 0.5) is 0 Å². The van der Waals surface area contributed by atoms with Gasteiger partial charge in [0.1, 0.15) is 28.6 Å². The third-order valence-corrected chi connectivity index (χ3v) is 7.86. The lowest BCUT2D eigenvalue weighted by Crippen LogP contribution is -2.65. The Morgan fingerprint density at radius 3 is 2.53 bits per heavy atom. The minimum absolute atomic E-state index is 0.0111. The highest BCUT2D eigenvalue weighted by molar-refractivity contribution is 6.24. The maximum atomic E-state index is 13.9. The lowest BCUT2D eigenvalue weighted by atomic mass is 9.57. The van der Waals surface area contributed by atoms with Crippen LogP contribution >= 0.6 is 0 Å². The minimum atomic E-state index is -2.67. The Kier molecular flexibility index (Phi) is 5.80. The molecule has 4 atom stereocenters. The molecule has 4 unspecified atom stereocenters. The molecule has 0 bridgehead atoms. The van der Waals surface area contributed by atoms with Crippen LogP contribution in [0, 0.1) is 11.8 Å². The number of carbonyl (C=O) groups is 3. The van der Waals surface area contributed by atoms with E-state index in [1.165, 1.54) is 24.3 Å². The molecule has 5 rings (SSSR count). The summed E-state index contributed by atoms with van der Waals surface area (Å²) in [7, 11) is 4.61. The summed E-state index contributed by atoms with van der Waals surface area (Å²) in [4.78, 5) is 44.8. The third kappa shape index (κ3) is 3.35. The summed E-state index contributed by atoms with van der Waals surface area (Å²) in [6, 6.07) is 3.65. The number of aliphatic hydroxyl groups is 3. The van der Waals surface area contributed by atoms with Crippen LogP contribution in [0.2, 0.25) is 0 Å². The van der Waals surface area contributed by atoms with Gasteiger partial charge in [-0.05, 0) is 56.1 Å². The van der Waals surface area contributed by atoms with Gasteiger partial charge < -0.3 is 30.9 Å². The quantitative estimate of drug-likeness (QED) is 0.364. The Labute approximate surface area is 217 Å². The van der Waals surface area contributed by atoms with Gasteiger partial charge in [-0.1, -0.05) is 6.07 Å². The Morgan fingerprint density at radius 1 is 1.18 bits per heavy atom. The number of hydrogen-bond donors (Lipinski definition) is 5. The van der Waals surface area contributed by atoms with Gasteiger partial charge in [-0.25, -0.2) is 0 Å². The topological polar surface area (TPSA) is 184 Å². The van der Waals surface area contributed by atoms with Crippen molar-refractivity contribution in [2.24, 2.45) is 17.6 Å². The summed E-state index contributed by atoms with van der Waals surface area (Å²) < 4.78 is 5.27. The number of rotatable bonds is 4. The molecule has 1 fully saturated rings. The molecule has 6 N–H and O–H groups in total. The summed E-state index contributed by atoms with van der Waals surface area (Å²) in [6.07, 6.45) is 3.33. The lowest BCUT2D eigenvalue weighted by molar-refractivity contribution is -0.153. The van der Waals surface area contributed by atoms with Gasteiger partial charge in [0.2, 0.25) is 5.78 Å². The van der Waals surface area contributed by atoms with Crippen molar-refractivity contribution < 1.29 is 39.5 Å².